The number of carbonyl (C=O) groups excluding carboxylic acids is 1. The van der Waals surface area contributed by atoms with Crippen molar-refractivity contribution in [3.8, 4) is 5.75 Å². The number of nitrogens with zero attached hydrogens (tertiary/aromatic N) is 1. The number of halogens is 1. The molecule has 1 aliphatic rings. The lowest BCUT2D eigenvalue weighted by atomic mass is 10.1. The summed E-state index contributed by atoms with van der Waals surface area (Å²) in [5.41, 5.74) is -0.698. The lowest BCUT2D eigenvalue weighted by Gasteiger charge is -2.08. The van der Waals surface area contributed by atoms with E-state index in [1.807, 2.05) is 12.1 Å². The van der Waals surface area contributed by atoms with Crippen LogP contribution in [0.25, 0.3) is 10.9 Å². The topological polar surface area (TPSA) is 48.3 Å². The van der Waals surface area contributed by atoms with Crippen molar-refractivity contribution in [2.45, 2.75) is 5.56 Å². The largest absolute Gasteiger partial charge is 0.465 e. The van der Waals surface area contributed by atoms with Gasteiger partial charge in [0.1, 0.15) is 11.3 Å². The highest BCUT2D eigenvalue weighted by molar-refractivity contribution is 6.35. The standard InChI is InChI=1S/C12H8ClNO3/c1-14-7-5-3-2-4-6(7)10-8(12(14)16)9(15)11(13)17-10/h2-5,11H,1H3/t11-/m1/s1. The molecule has 0 aliphatic carbocycles. The zero-order chi connectivity index (χ0) is 12.2. The van der Waals surface area contributed by atoms with E-state index in [-0.39, 0.29) is 11.1 Å². The van der Waals surface area contributed by atoms with Crippen LogP contribution in [0.3, 0.4) is 0 Å². The molecule has 0 radical (unpaired) electrons. The van der Waals surface area contributed by atoms with Crippen LogP contribution < -0.4 is 10.3 Å². The molecule has 1 aromatic heterocycles. The molecule has 0 bridgehead atoms. The van der Waals surface area contributed by atoms with Crippen LogP contribution in [0.15, 0.2) is 29.1 Å². The van der Waals surface area contributed by atoms with E-state index in [0.29, 0.717) is 5.75 Å². The van der Waals surface area contributed by atoms with Gasteiger partial charge in [0.05, 0.1) is 5.52 Å². The molecule has 1 aliphatic heterocycles. The zero-order valence-corrected chi connectivity index (χ0v) is 9.69. The molecule has 17 heavy (non-hydrogen) atoms. The third kappa shape index (κ3) is 1.24. The maximum Gasteiger partial charge on any atom is 0.265 e. The first kappa shape index (κ1) is 10.4. The van der Waals surface area contributed by atoms with Gasteiger partial charge in [-0.3, -0.25) is 9.59 Å². The summed E-state index contributed by atoms with van der Waals surface area (Å²) in [6, 6.07) is 7.24. The minimum absolute atomic E-state index is 0.0474. The molecule has 2 heterocycles. The summed E-state index contributed by atoms with van der Waals surface area (Å²) in [6.07, 6.45) is 0. The number of carbonyl (C=O) groups is 1. The minimum Gasteiger partial charge on any atom is -0.465 e. The van der Waals surface area contributed by atoms with E-state index in [1.54, 1.807) is 19.2 Å². The summed E-state index contributed by atoms with van der Waals surface area (Å²) in [4.78, 5) is 23.8. The Bertz CT molecular complexity index is 705. The number of alkyl halides is 1. The van der Waals surface area contributed by atoms with Gasteiger partial charge in [-0.25, -0.2) is 0 Å². The van der Waals surface area contributed by atoms with Gasteiger partial charge < -0.3 is 9.30 Å². The van der Waals surface area contributed by atoms with Gasteiger partial charge in [0.25, 0.3) is 5.56 Å². The predicted octanol–water partition coefficient (Wildman–Crippen LogP) is 1.68. The van der Waals surface area contributed by atoms with Crippen LogP contribution in [-0.4, -0.2) is 15.9 Å². The van der Waals surface area contributed by atoms with Gasteiger partial charge in [-0.2, -0.15) is 0 Å². The lowest BCUT2D eigenvalue weighted by molar-refractivity contribution is 0.0931. The Kier molecular flexibility index (Phi) is 2.03. The van der Waals surface area contributed by atoms with Gasteiger partial charge in [0.15, 0.2) is 0 Å². The summed E-state index contributed by atoms with van der Waals surface area (Å²) in [6.45, 7) is 0. The maximum absolute atomic E-state index is 12.0. The first-order valence-electron chi connectivity index (χ1n) is 5.08. The highest BCUT2D eigenvalue weighted by atomic mass is 35.5. The first-order valence-corrected chi connectivity index (χ1v) is 5.51. The number of ketones is 1. The number of hydrogen-bond acceptors (Lipinski definition) is 3. The van der Waals surface area contributed by atoms with Crippen molar-refractivity contribution in [3.63, 3.8) is 0 Å². The molecule has 0 unspecified atom stereocenters. The van der Waals surface area contributed by atoms with Crippen LogP contribution >= 0.6 is 11.6 Å². The van der Waals surface area contributed by atoms with Gasteiger partial charge in [0.2, 0.25) is 11.3 Å². The number of para-hydroxylation sites is 1. The number of hydrogen-bond donors (Lipinski definition) is 0. The van der Waals surface area contributed by atoms with Crippen molar-refractivity contribution in [3.05, 3.63) is 40.2 Å². The Hall–Kier alpha value is -1.81. The second kappa shape index (κ2) is 3.34. The van der Waals surface area contributed by atoms with Crippen LogP contribution in [0.4, 0.5) is 0 Å². The number of rotatable bonds is 0. The van der Waals surface area contributed by atoms with E-state index in [1.165, 1.54) is 4.57 Å². The Morgan fingerprint density at radius 2 is 2.00 bits per heavy atom. The van der Waals surface area contributed by atoms with Gasteiger partial charge in [-0.1, -0.05) is 23.7 Å². The number of aromatic nitrogens is 1. The molecule has 86 valence electrons. The number of benzene rings is 1. The number of fused-ring (bicyclic) bond motifs is 3. The van der Waals surface area contributed by atoms with Crippen LogP contribution in [0, 0.1) is 0 Å². The molecular weight excluding hydrogens is 242 g/mol. The predicted molar refractivity (Wildman–Crippen MR) is 63.8 cm³/mol. The Morgan fingerprint density at radius 3 is 2.76 bits per heavy atom. The molecule has 1 aromatic carbocycles. The fourth-order valence-corrected chi connectivity index (χ4v) is 2.28. The number of ether oxygens (including phenoxy) is 1. The van der Waals surface area contributed by atoms with Crippen LogP contribution in [0.1, 0.15) is 10.4 Å². The third-order valence-corrected chi connectivity index (χ3v) is 3.22. The second-order valence-corrected chi connectivity index (χ2v) is 4.28. The molecule has 4 nitrogen and oxygen atoms in total. The Balaban J connectivity index is 2.54. The van der Waals surface area contributed by atoms with E-state index in [9.17, 15) is 9.59 Å². The number of aryl methyl sites for hydroxylation is 1. The van der Waals surface area contributed by atoms with Crippen molar-refractivity contribution in [2.75, 3.05) is 0 Å². The fraction of sp³-hybridized carbons (Fsp3) is 0.167. The van der Waals surface area contributed by atoms with E-state index in [2.05, 4.69) is 0 Å². The highest BCUT2D eigenvalue weighted by Crippen LogP contribution is 2.34. The SMILES string of the molecule is Cn1c(=O)c2c(c3ccccc31)O[C@@H](Cl)C2=O. The monoisotopic (exact) mass is 249 g/mol. The summed E-state index contributed by atoms with van der Waals surface area (Å²) < 4.78 is 6.71. The molecule has 5 heteroatoms. The van der Waals surface area contributed by atoms with Crippen molar-refractivity contribution in [2.24, 2.45) is 7.05 Å². The van der Waals surface area contributed by atoms with Gasteiger partial charge in [-0.05, 0) is 12.1 Å². The molecule has 0 fully saturated rings. The van der Waals surface area contributed by atoms with Crippen molar-refractivity contribution >= 4 is 28.3 Å². The third-order valence-electron chi connectivity index (χ3n) is 2.93. The quantitative estimate of drug-likeness (QED) is 0.668. The first-order chi connectivity index (χ1) is 8.11. The number of Topliss-reactive ketones (excluding diaryl/α,β-unsaturated/α-hetero) is 1. The van der Waals surface area contributed by atoms with Crippen LogP contribution in [0.5, 0.6) is 5.75 Å². The zero-order valence-electron chi connectivity index (χ0n) is 8.94. The molecule has 2 aromatic rings. The van der Waals surface area contributed by atoms with Crippen molar-refractivity contribution in [1.82, 2.24) is 4.57 Å². The van der Waals surface area contributed by atoms with Crippen molar-refractivity contribution < 1.29 is 9.53 Å². The van der Waals surface area contributed by atoms with Gasteiger partial charge >= 0.3 is 0 Å². The summed E-state index contributed by atoms with van der Waals surface area (Å²) in [5.74, 6) is -0.165. The maximum atomic E-state index is 12.0. The Morgan fingerprint density at radius 1 is 1.29 bits per heavy atom. The average molecular weight is 250 g/mol. The normalized spacial score (nSPS) is 18.2. The minimum atomic E-state index is -1.09. The lowest BCUT2D eigenvalue weighted by Crippen LogP contribution is -2.24. The molecule has 0 saturated carbocycles. The fourth-order valence-electron chi connectivity index (χ4n) is 2.08. The van der Waals surface area contributed by atoms with Gasteiger partial charge in [-0.15, -0.1) is 0 Å². The van der Waals surface area contributed by atoms with Crippen molar-refractivity contribution in [1.29, 1.82) is 0 Å². The van der Waals surface area contributed by atoms with Gasteiger partial charge in [0, 0.05) is 12.4 Å². The highest BCUT2D eigenvalue weighted by Gasteiger charge is 2.35. The van der Waals surface area contributed by atoms with E-state index in [0.717, 1.165) is 10.9 Å². The average Bonchev–Trinajstić information content (AvgIpc) is 2.63. The van der Waals surface area contributed by atoms with Crippen LogP contribution in [0.2, 0.25) is 0 Å². The van der Waals surface area contributed by atoms with E-state index >= 15 is 0 Å². The second-order valence-electron chi connectivity index (χ2n) is 3.88. The summed E-state index contributed by atoms with van der Waals surface area (Å²) in [5, 5.41) is 0.723. The smallest absolute Gasteiger partial charge is 0.265 e. The summed E-state index contributed by atoms with van der Waals surface area (Å²) in [7, 11) is 1.62. The molecule has 0 amide bonds. The number of pyridine rings is 1. The molecule has 0 spiro atoms. The molecule has 1 atom stereocenters. The van der Waals surface area contributed by atoms with Crippen LogP contribution in [-0.2, 0) is 7.05 Å². The molecule has 0 saturated heterocycles. The molecule has 0 N–H and O–H groups in total. The molecular formula is C12H8ClNO3. The summed E-state index contributed by atoms with van der Waals surface area (Å²) >= 11 is 5.73. The van der Waals surface area contributed by atoms with E-state index < -0.39 is 11.3 Å². The van der Waals surface area contributed by atoms with E-state index in [4.69, 9.17) is 16.3 Å². The Labute approximate surface area is 101 Å². The molecule has 3 rings (SSSR count).